The molecule has 4 heteroatoms. The van der Waals surface area contributed by atoms with Gasteiger partial charge in [-0.1, -0.05) is 6.07 Å². The number of rotatable bonds is 9. The molecule has 1 aromatic carbocycles. The molecule has 3 nitrogen and oxygen atoms in total. The Morgan fingerprint density at radius 3 is 2.74 bits per heavy atom. The van der Waals surface area contributed by atoms with Crippen LogP contribution in [-0.4, -0.2) is 31.8 Å². The average Bonchev–Trinajstić information content (AvgIpc) is 2.44. The zero-order valence-corrected chi connectivity index (χ0v) is 13.2. The molecule has 0 aromatic heterocycles. The van der Waals surface area contributed by atoms with E-state index >= 15 is 0 Å². The second-order valence-electron chi connectivity index (χ2n) is 4.48. The molecule has 1 N–H and O–H groups in total. The van der Waals surface area contributed by atoms with Crippen molar-refractivity contribution in [2.75, 3.05) is 25.7 Å². The van der Waals surface area contributed by atoms with Crippen molar-refractivity contribution in [2.24, 2.45) is 0 Å². The summed E-state index contributed by atoms with van der Waals surface area (Å²) >= 11 is 1.89. The normalized spacial score (nSPS) is 12.2. The smallest absolute Gasteiger partial charge is 0.161 e. The molecule has 0 aliphatic heterocycles. The lowest BCUT2D eigenvalue weighted by Crippen LogP contribution is -2.25. The lowest BCUT2D eigenvalue weighted by Gasteiger charge is -2.15. The SMILES string of the molecule is CCOc1ccc(CNC(C)CCSC)cc1OC. The van der Waals surface area contributed by atoms with E-state index in [0.29, 0.717) is 12.6 Å². The van der Waals surface area contributed by atoms with Crippen LogP contribution in [0.5, 0.6) is 11.5 Å². The molecule has 0 aliphatic carbocycles. The molecule has 19 heavy (non-hydrogen) atoms. The van der Waals surface area contributed by atoms with Gasteiger partial charge in [0.15, 0.2) is 11.5 Å². The fraction of sp³-hybridized carbons (Fsp3) is 0.600. The number of hydrogen-bond acceptors (Lipinski definition) is 4. The lowest BCUT2D eigenvalue weighted by molar-refractivity contribution is 0.310. The van der Waals surface area contributed by atoms with Crippen LogP contribution in [-0.2, 0) is 6.54 Å². The first-order chi connectivity index (χ1) is 9.21. The summed E-state index contributed by atoms with van der Waals surface area (Å²) < 4.78 is 10.9. The van der Waals surface area contributed by atoms with E-state index in [0.717, 1.165) is 18.0 Å². The summed E-state index contributed by atoms with van der Waals surface area (Å²) in [6, 6.07) is 6.64. The van der Waals surface area contributed by atoms with E-state index in [1.54, 1.807) is 7.11 Å². The predicted octanol–water partition coefficient (Wildman–Crippen LogP) is 3.33. The van der Waals surface area contributed by atoms with Gasteiger partial charge in [0.25, 0.3) is 0 Å². The minimum Gasteiger partial charge on any atom is -0.493 e. The molecule has 1 rings (SSSR count). The van der Waals surface area contributed by atoms with Crippen molar-refractivity contribution >= 4 is 11.8 Å². The Kier molecular flexibility index (Phi) is 7.75. The van der Waals surface area contributed by atoms with Gasteiger partial charge in [-0.25, -0.2) is 0 Å². The average molecular weight is 283 g/mol. The highest BCUT2D eigenvalue weighted by Gasteiger charge is 2.06. The summed E-state index contributed by atoms with van der Waals surface area (Å²) in [6.45, 7) is 5.71. The van der Waals surface area contributed by atoms with Gasteiger partial charge in [-0.3, -0.25) is 0 Å². The van der Waals surface area contributed by atoms with Crippen LogP contribution < -0.4 is 14.8 Å². The molecule has 0 heterocycles. The molecule has 1 atom stereocenters. The van der Waals surface area contributed by atoms with Gasteiger partial charge in [-0.2, -0.15) is 11.8 Å². The van der Waals surface area contributed by atoms with Gasteiger partial charge in [-0.05, 0) is 50.0 Å². The predicted molar refractivity (Wildman–Crippen MR) is 83.5 cm³/mol. The summed E-state index contributed by atoms with van der Waals surface area (Å²) in [5.41, 5.74) is 1.22. The summed E-state index contributed by atoms with van der Waals surface area (Å²) in [6.07, 6.45) is 3.33. The number of nitrogens with one attached hydrogen (secondary N) is 1. The Labute approximate surface area is 121 Å². The summed E-state index contributed by atoms with van der Waals surface area (Å²) in [7, 11) is 1.68. The van der Waals surface area contributed by atoms with Gasteiger partial charge >= 0.3 is 0 Å². The van der Waals surface area contributed by atoms with Crippen LogP contribution in [0.3, 0.4) is 0 Å². The summed E-state index contributed by atoms with van der Waals surface area (Å²) in [4.78, 5) is 0. The van der Waals surface area contributed by atoms with Crippen LogP contribution in [0.4, 0.5) is 0 Å². The first-order valence-electron chi connectivity index (χ1n) is 6.73. The molecule has 0 amide bonds. The first kappa shape index (κ1) is 16.2. The minimum atomic E-state index is 0.532. The molecular weight excluding hydrogens is 258 g/mol. The maximum atomic E-state index is 5.51. The summed E-state index contributed by atoms with van der Waals surface area (Å²) in [5.74, 6) is 2.81. The van der Waals surface area contributed by atoms with E-state index in [1.807, 2.05) is 30.8 Å². The zero-order chi connectivity index (χ0) is 14.1. The lowest BCUT2D eigenvalue weighted by atomic mass is 10.1. The molecule has 0 saturated carbocycles. The van der Waals surface area contributed by atoms with Crippen molar-refractivity contribution in [3.05, 3.63) is 23.8 Å². The largest absolute Gasteiger partial charge is 0.493 e. The highest BCUT2D eigenvalue weighted by atomic mass is 32.2. The Bertz CT molecular complexity index is 371. The van der Waals surface area contributed by atoms with Gasteiger partial charge in [0.2, 0.25) is 0 Å². The van der Waals surface area contributed by atoms with Gasteiger partial charge in [0, 0.05) is 12.6 Å². The van der Waals surface area contributed by atoms with Crippen LogP contribution >= 0.6 is 11.8 Å². The fourth-order valence-corrected chi connectivity index (χ4v) is 2.37. The Balaban J connectivity index is 2.54. The molecule has 0 spiro atoms. The second-order valence-corrected chi connectivity index (χ2v) is 5.47. The van der Waals surface area contributed by atoms with Crippen molar-refractivity contribution in [3.8, 4) is 11.5 Å². The topological polar surface area (TPSA) is 30.5 Å². The van der Waals surface area contributed by atoms with E-state index in [9.17, 15) is 0 Å². The van der Waals surface area contributed by atoms with Crippen LogP contribution in [0, 0.1) is 0 Å². The highest BCUT2D eigenvalue weighted by molar-refractivity contribution is 7.98. The van der Waals surface area contributed by atoms with E-state index in [-0.39, 0.29) is 0 Å². The molecule has 0 bridgehead atoms. The molecule has 108 valence electrons. The molecule has 0 saturated heterocycles. The van der Waals surface area contributed by atoms with E-state index in [1.165, 1.54) is 17.7 Å². The summed E-state index contributed by atoms with van der Waals surface area (Å²) in [5, 5.41) is 3.53. The third kappa shape index (κ3) is 5.74. The van der Waals surface area contributed by atoms with Crippen molar-refractivity contribution < 1.29 is 9.47 Å². The third-order valence-electron chi connectivity index (χ3n) is 2.94. The maximum absolute atomic E-state index is 5.51. The maximum Gasteiger partial charge on any atom is 0.161 e. The number of hydrogen-bond donors (Lipinski definition) is 1. The van der Waals surface area contributed by atoms with E-state index < -0.39 is 0 Å². The Morgan fingerprint density at radius 1 is 1.32 bits per heavy atom. The number of benzene rings is 1. The number of ether oxygens (including phenoxy) is 2. The standard InChI is InChI=1S/C15H25NO2S/c1-5-18-14-7-6-13(10-15(14)17-3)11-16-12(2)8-9-19-4/h6-7,10,12,16H,5,8-9,11H2,1-4H3. The quantitative estimate of drug-likeness (QED) is 0.753. The molecule has 0 fully saturated rings. The molecular formula is C15H25NO2S. The van der Waals surface area contributed by atoms with E-state index in [2.05, 4.69) is 24.6 Å². The number of methoxy groups -OCH3 is 1. The molecule has 0 radical (unpaired) electrons. The van der Waals surface area contributed by atoms with E-state index in [4.69, 9.17) is 9.47 Å². The van der Waals surface area contributed by atoms with Gasteiger partial charge in [0.1, 0.15) is 0 Å². The zero-order valence-electron chi connectivity index (χ0n) is 12.4. The van der Waals surface area contributed by atoms with Crippen molar-refractivity contribution in [1.82, 2.24) is 5.32 Å². The fourth-order valence-electron chi connectivity index (χ4n) is 1.79. The Morgan fingerprint density at radius 2 is 2.11 bits per heavy atom. The molecule has 1 unspecified atom stereocenters. The van der Waals surface area contributed by atoms with Crippen LogP contribution in [0.2, 0.25) is 0 Å². The van der Waals surface area contributed by atoms with Crippen LogP contribution in [0.25, 0.3) is 0 Å². The van der Waals surface area contributed by atoms with Gasteiger partial charge in [-0.15, -0.1) is 0 Å². The highest BCUT2D eigenvalue weighted by Crippen LogP contribution is 2.28. The van der Waals surface area contributed by atoms with Crippen molar-refractivity contribution in [1.29, 1.82) is 0 Å². The van der Waals surface area contributed by atoms with Crippen LogP contribution in [0.1, 0.15) is 25.8 Å². The Hall–Kier alpha value is -0.870. The monoisotopic (exact) mass is 283 g/mol. The second kappa shape index (κ2) is 9.10. The third-order valence-corrected chi connectivity index (χ3v) is 3.58. The molecule has 0 aliphatic rings. The van der Waals surface area contributed by atoms with Crippen molar-refractivity contribution in [2.45, 2.75) is 32.9 Å². The van der Waals surface area contributed by atoms with Crippen LogP contribution in [0.15, 0.2) is 18.2 Å². The first-order valence-corrected chi connectivity index (χ1v) is 8.12. The minimum absolute atomic E-state index is 0.532. The molecule has 1 aromatic rings. The van der Waals surface area contributed by atoms with Crippen molar-refractivity contribution in [3.63, 3.8) is 0 Å². The number of thioether (sulfide) groups is 1. The van der Waals surface area contributed by atoms with Gasteiger partial charge in [0.05, 0.1) is 13.7 Å². The van der Waals surface area contributed by atoms with Gasteiger partial charge < -0.3 is 14.8 Å².